The van der Waals surface area contributed by atoms with Gasteiger partial charge in [-0.1, -0.05) is 0 Å². The molecule has 0 spiro atoms. The Labute approximate surface area is 169 Å². The van der Waals surface area contributed by atoms with Gasteiger partial charge in [-0.25, -0.2) is 13.2 Å². The van der Waals surface area contributed by atoms with Crippen molar-refractivity contribution in [1.29, 1.82) is 0 Å². The van der Waals surface area contributed by atoms with Crippen LogP contribution in [-0.4, -0.2) is 23.3 Å². The summed E-state index contributed by atoms with van der Waals surface area (Å²) in [6.07, 6.45) is 2.14. The number of rotatable bonds is 5. The number of benzene rings is 2. The summed E-state index contributed by atoms with van der Waals surface area (Å²) in [5, 5.41) is 3.10. The van der Waals surface area contributed by atoms with Gasteiger partial charge in [0.15, 0.2) is 17.5 Å². The Bertz CT molecular complexity index is 1170. The van der Waals surface area contributed by atoms with Gasteiger partial charge in [-0.3, -0.25) is 4.79 Å². The van der Waals surface area contributed by atoms with Crippen molar-refractivity contribution in [2.75, 3.05) is 19.0 Å². The molecular weight excluding hydrogens is 399 g/mol. The average molecular weight is 417 g/mol. The predicted molar refractivity (Wildman–Crippen MR) is 104 cm³/mol. The molecule has 30 heavy (non-hydrogen) atoms. The molecule has 2 heterocycles. The molecule has 1 aliphatic rings. The standard InChI is InChI=1S/C21H18F3N3O3/c1-11-5-17-13(3-4-30-17)8-16(11)25-21-26-20(28)18(29-2)10-27(21)9-12-6-14(22)19(24)15(23)7-12/h5-8,10H,3-4,9H2,1-2H3,(H,25,26,28). The molecule has 4 rings (SSSR count). The first-order valence-corrected chi connectivity index (χ1v) is 9.18. The Morgan fingerprint density at radius 1 is 1.20 bits per heavy atom. The van der Waals surface area contributed by atoms with Crippen LogP contribution in [0.25, 0.3) is 0 Å². The van der Waals surface area contributed by atoms with Gasteiger partial charge in [-0.2, -0.15) is 4.98 Å². The van der Waals surface area contributed by atoms with Gasteiger partial charge in [0, 0.05) is 12.1 Å². The zero-order valence-electron chi connectivity index (χ0n) is 16.3. The Morgan fingerprint density at radius 3 is 2.63 bits per heavy atom. The molecule has 0 unspecified atom stereocenters. The maximum Gasteiger partial charge on any atom is 0.316 e. The lowest BCUT2D eigenvalue weighted by Crippen LogP contribution is -2.19. The second kappa shape index (κ2) is 7.74. The van der Waals surface area contributed by atoms with Crippen molar-refractivity contribution in [1.82, 2.24) is 9.55 Å². The zero-order chi connectivity index (χ0) is 21.4. The molecule has 9 heteroatoms. The minimum absolute atomic E-state index is 0.0392. The third kappa shape index (κ3) is 3.70. The van der Waals surface area contributed by atoms with E-state index in [-0.39, 0.29) is 23.8 Å². The van der Waals surface area contributed by atoms with E-state index in [0.29, 0.717) is 12.3 Å². The van der Waals surface area contributed by atoms with E-state index >= 15 is 0 Å². The molecule has 0 saturated heterocycles. The van der Waals surface area contributed by atoms with E-state index in [1.54, 1.807) is 0 Å². The van der Waals surface area contributed by atoms with Crippen molar-refractivity contribution >= 4 is 11.6 Å². The van der Waals surface area contributed by atoms with E-state index < -0.39 is 23.0 Å². The molecule has 1 aromatic heterocycles. The van der Waals surface area contributed by atoms with E-state index in [0.717, 1.165) is 35.4 Å². The fraction of sp³-hybridized carbons (Fsp3) is 0.238. The number of ether oxygens (including phenoxy) is 2. The molecule has 0 aliphatic carbocycles. The van der Waals surface area contributed by atoms with Crippen molar-refractivity contribution in [2.45, 2.75) is 19.9 Å². The molecule has 1 N–H and O–H groups in total. The van der Waals surface area contributed by atoms with Crippen LogP contribution >= 0.6 is 0 Å². The Balaban J connectivity index is 1.75. The molecule has 0 amide bonds. The van der Waals surface area contributed by atoms with E-state index in [9.17, 15) is 18.0 Å². The largest absolute Gasteiger partial charge is 0.493 e. The Morgan fingerprint density at radius 2 is 1.93 bits per heavy atom. The highest BCUT2D eigenvalue weighted by atomic mass is 19.2. The monoisotopic (exact) mass is 417 g/mol. The Hall–Kier alpha value is -3.49. The molecule has 0 bridgehead atoms. The second-order valence-corrected chi connectivity index (χ2v) is 6.94. The lowest BCUT2D eigenvalue weighted by atomic mass is 10.1. The van der Waals surface area contributed by atoms with Gasteiger partial charge >= 0.3 is 5.56 Å². The van der Waals surface area contributed by atoms with Gasteiger partial charge in [0.25, 0.3) is 0 Å². The lowest BCUT2D eigenvalue weighted by molar-refractivity contribution is 0.356. The van der Waals surface area contributed by atoms with Gasteiger partial charge in [-0.15, -0.1) is 0 Å². The summed E-state index contributed by atoms with van der Waals surface area (Å²) >= 11 is 0. The quantitative estimate of drug-likeness (QED) is 0.642. The van der Waals surface area contributed by atoms with Crippen molar-refractivity contribution in [3.8, 4) is 11.5 Å². The fourth-order valence-electron chi connectivity index (χ4n) is 3.31. The van der Waals surface area contributed by atoms with Crippen molar-refractivity contribution < 1.29 is 22.6 Å². The van der Waals surface area contributed by atoms with Crippen LogP contribution in [0.5, 0.6) is 11.5 Å². The van der Waals surface area contributed by atoms with E-state index in [1.165, 1.54) is 17.9 Å². The van der Waals surface area contributed by atoms with Crippen molar-refractivity contribution in [2.24, 2.45) is 0 Å². The highest BCUT2D eigenvalue weighted by Crippen LogP contribution is 2.32. The SMILES string of the molecule is COc1cn(Cc2cc(F)c(F)c(F)c2)c(Nc2cc3c(cc2C)OCC3)nc1=O. The smallest absolute Gasteiger partial charge is 0.316 e. The highest BCUT2D eigenvalue weighted by Gasteiger charge is 2.17. The van der Waals surface area contributed by atoms with Crippen LogP contribution in [0.15, 0.2) is 35.3 Å². The van der Waals surface area contributed by atoms with Crippen LogP contribution < -0.4 is 20.3 Å². The molecule has 0 saturated carbocycles. The summed E-state index contributed by atoms with van der Waals surface area (Å²) in [6.45, 7) is 2.40. The third-order valence-electron chi connectivity index (χ3n) is 4.86. The van der Waals surface area contributed by atoms with Gasteiger partial charge in [0.1, 0.15) is 5.75 Å². The number of fused-ring (bicyclic) bond motifs is 1. The summed E-state index contributed by atoms with van der Waals surface area (Å²) in [5.41, 5.74) is 2.15. The maximum atomic E-state index is 13.6. The summed E-state index contributed by atoms with van der Waals surface area (Å²) in [4.78, 5) is 16.2. The first-order valence-electron chi connectivity index (χ1n) is 9.18. The minimum Gasteiger partial charge on any atom is -0.493 e. The number of hydrogen-bond donors (Lipinski definition) is 1. The second-order valence-electron chi connectivity index (χ2n) is 6.94. The van der Waals surface area contributed by atoms with Crippen LogP contribution in [0.1, 0.15) is 16.7 Å². The van der Waals surface area contributed by atoms with E-state index in [1.807, 2.05) is 19.1 Å². The first-order chi connectivity index (χ1) is 14.4. The number of methoxy groups -OCH3 is 1. The molecule has 1 aliphatic heterocycles. The van der Waals surface area contributed by atoms with Crippen LogP contribution in [-0.2, 0) is 13.0 Å². The number of aromatic nitrogens is 2. The molecule has 2 aromatic carbocycles. The van der Waals surface area contributed by atoms with Gasteiger partial charge < -0.3 is 19.4 Å². The molecule has 6 nitrogen and oxygen atoms in total. The van der Waals surface area contributed by atoms with Gasteiger partial charge in [0.2, 0.25) is 11.7 Å². The minimum atomic E-state index is -1.54. The first kappa shape index (κ1) is 19.8. The van der Waals surface area contributed by atoms with Crippen LogP contribution in [0, 0.1) is 24.4 Å². The molecule has 3 aromatic rings. The molecule has 156 valence electrons. The number of nitrogens with zero attached hydrogens (tertiary/aromatic N) is 2. The third-order valence-corrected chi connectivity index (χ3v) is 4.86. The summed E-state index contributed by atoms with van der Waals surface area (Å²) in [6, 6.07) is 5.59. The number of aryl methyl sites for hydroxylation is 1. The summed E-state index contributed by atoms with van der Waals surface area (Å²) < 4.78 is 52.6. The van der Waals surface area contributed by atoms with Gasteiger partial charge in [-0.05, 0) is 47.9 Å². The fourth-order valence-corrected chi connectivity index (χ4v) is 3.31. The lowest BCUT2D eigenvalue weighted by Gasteiger charge is -2.17. The average Bonchev–Trinajstić information content (AvgIpc) is 3.15. The number of nitrogens with one attached hydrogen (secondary N) is 1. The molecule has 0 radical (unpaired) electrons. The predicted octanol–water partition coefficient (Wildman–Crippen LogP) is 3.70. The molecule has 0 fully saturated rings. The number of anilines is 2. The summed E-state index contributed by atoms with van der Waals surface area (Å²) in [7, 11) is 1.32. The number of halogens is 3. The van der Waals surface area contributed by atoms with Crippen molar-refractivity contribution in [3.63, 3.8) is 0 Å². The molecule has 0 atom stereocenters. The van der Waals surface area contributed by atoms with Crippen LogP contribution in [0.2, 0.25) is 0 Å². The van der Waals surface area contributed by atoms with Crippen LogP contribution in [0.4, 0.5) is 24.8 Å². The van der Waals surface area contributed by atoms with E-state index in [2.05, 4.69) is 10.3 Å². The zero-order valence-corrected chi connectivity index (χ0v) is 16.3. The highest BCUT2D eigenvalue weighted by molar-refractivity contribution is 5.63. The van der Waals surface area contributed by atoms with Crippen LogP contribution in [0.3, 0.4) is 0 Å². The topological polar surface area (TPSA) is 65.4 Å². The van der Waals surface area contributed by atoms with Crippen molar-refractivity contribution in [3.05, 3.63) is 75.0 Å². The number of hydrogen-bond acceptors (Lipinski definition) is 5. The summed E-state index contributed by atoms with van der Waals surface area (Å²) in [5.74, 6) is -3.21. The normalized spacial score (nSPS) is 12.4. The van der Waals surface area contributed by atoms with Gasteiger partial charge in [0.05, 0.1) is 26.5 Å². The Kier molecular flexibility index (Phi) is 5.11. The maximum absolute atomic E-state index is 13.6. The molecular formula is C21H18F3N3O3. The van der Waals surface area contributed by atoms with E-state index in [4.69, 9.17) is 9.47 Å².